The Kier molecular flexibility index (Phi) is 4.22. The molecule has 1 amide bonds. The minimum Gasteiger partial charge on any atom is -0.497 e. The Morgan fingerprint density at radius 3 is 2.67 bits per heavy atom. The molecule has 0 saturated heterocycles. The topological polar surface area (TPSA) is 65.4 Å². The molecule has 1 atom stereocenters. The number of methoxy groups -OCH3 is 2. The number of ether oxygens (including phenoxy) is 2. The Labute approximate surface area is 141 Å². The molecule has 1 aromatic heterocycles. The van der Waals surface area contributed by atoms with Crippen LogP contribution < -0.4 is 14.8 Å². The first-order chi connectivity index (χ1) is 11.5. The number of amides is 1. The highest BCUT2D eigenvalue weighted by Gasteiger charge is 2.34. The zero-order valence-electron chi connectivity index (χ0n) is 14.7. The van der Waals surface area contributed by atoms with E-state index in [9.17, 15) is 4.79 Å². The molecule has 0 spiro atoms. The molecule has 1 unspecified atom stereocenters. The lowest BCUT2D eigenvalue weighted by atomic mass is 9.85. The van der Waals surface area contributed by atoms with Crippen molar-refractivity contribution in [2.24, 2.45) is 0 Å². The van der Waals surface area contributed by atoms with Gasteiger partial charge in [0.05, 0.1) is 19.9 Å². The summed E-state index contributed by atoms with van der Waals surface area (Å²) in [5.41, 5.74) is 2.97. The average molecular weight is 329 g/mol. The van der Waals surface area contributed by atoms with Crippen molar-refractivity contribution in [3.8, 4) is 11.5 Å². The largest absolute Gasteiger partial charge is 0.497 e. The van der Waals surface area contributed by atoms with Gasteiger partial charge in [0.1, 0.15) is 17.3 Å². The molecule has 1 aliphatic rings. The summed E-state index contributed by atoms with van der Waals surface area (Å²) in [5.74, 6) is 2.15. The number of nitrogens with one attached hydrogen (secondary N) is 1. The lowest BCUT2D eigenvalue weighted by Crippen LogP contribution is -2.25. The van der Waals surface area contributed by atoms with Gasteiger partial charge >= 0.3 is 0 Å². The summed E-state index contributed by atoms with van der Waals surface area (Å²) in [6.07, 6.45) is 0.375. The summed E-state index contributed by atoms with van der Waals surface area (Å²) < 4.78 is 12.7. The van der Waals surface area contributed by atoms with Crippen molar-refractivity contribution in [1.29, 1.82) is 0 Å². The summed E-state index contributed by atoms with van der Waals surface area (Å²) in [6, 6.07) is 5.89. The van der Waals surface area contributed by atoms with Crippen LogP contribution in [0.3, 0.4) is 0 Å². The molecule has 0 bridgehead atoms. The Balaban J connectivity index is 2.16. The van der Waals surface area contributed by atoms with Crippen molar-refractivity contribution >= 4 is 11.7 Å². The lowest BCUT2D eigenvalue weighted by Gasteiger charge is -2.26. The molecule has 0 saturated carbocycles. The third-order valence-electron chi connectivity index (χ3n) is 4.43. The van der Waals surface area contributed by atoms with E-state index in [0.717, 1.165) is 34.1 Å². The number of nitrogens with zero attached hydrogens (tertiary/aromatic N) is 2. The van der Waals surface area contributed by atoms with E-state index in [-0.39, 0.29) is 17.9 Å². The molecule has 6 nitrogen and oxygen atoms in total. The molecular weight excluding hydrogens is 306 g/mol. The normalized spacial score (nSPS) is 16.8. The number of carbonyl (C=O) groups excluding carboxylic acids is 1. The van der Waals surface area contributed by atoms with Gasteiger partial charge in [0.2, 0.25) is 5.91 Å². The first-order valence-corrected chi connectivity index (χ1v) is 8.07. The fourth-order valence-corrected chi connectivity index (χ4v) is 3.32. The van der Waals surface area contributed by atoms with E-state index < -0.39 is 0 Å². The highest BCUT2D eigenvalue weighted by molar-refractivity contribution is 5.94. The van der Waals surface area contributed by atoms with Gasteiger partial charge in [0, 0.05) is 35.6 Å². The summed E-state index contributed by atoms with van der Waals surface area (Å²) in [6.45, 7) is 6.09. The second-order valence-corrected chi connectivity index (χ2v) is 6.30. The SMILES string of the molecule is COc1ccc(C2CC(=O)Nc3c2c(C)nn3C(C)C)c(OC)c1. The highest BCUT2D eigenvalue weighted by atomic mass is 16.5. The van der Waals surface area contributed by atoms with Gasteiger partial charge in [-0.1, -0.05) is 6.07 Å². The van der Waals surface area contributed by atoms with E-state index >= 15 is 0 Å². The number of benzene rings is 1. The van der Waals surface area contributed by atoms with Gasteiger partial charge in [0.15, 0.2) is 0 Å². The summed E-state index contributed by atoms with van der Waals surface area (Å²) in [4.78, 5) is 12.3. The van der Waals surface area contributed by atoms with Gasteiger partial charge in [-0.05, 0) is 26.8 Å². The van der Waals surface area contributed by atoms with Gasteiger partial charge in [-0.2, -0.15) is 5.10 Å². The van der Waals surface area contributed by atoms with Crippen LogP contribution in [0.15, 0.2) is 18.2 Å². The molecule has 1 aliphatic heterocycles. The standard InChI is InChI=1S/C18H23N3O3/c1-10(2)21-18-17(11(3)20-21)14(9-16(22)19-18)13-7-6-12(23-4)8-15(13)24-5/h6-8,10,14H,9H2,1-5H3,(H,19,22). The van der Waals surface area contributed by atoms with Crippen LogP contribution in [0.4, 0.5) is 5.82 Å². The van der Waals surface area contributed by atoms with E-state index in [2.05, 4.69) is 24.3 Å². The molecule has 0 aliphatic carbocycles. The van der Waals surface area contributed by atoms with Crippen LogP contribution >= 0.6 is 0 Å². The molecule has 0 fully saturated rings. The Morgan fingerprint density at radius 2 is 2.04 bits per heavy atom. The van der Waals surface area contributed by atoms with E-state index in [1.165, 1.54) is 0 Å². The van der Waals surface area contributed by atoms with E-state index in [1.54, 1.807) is 14.2 Å². The second kappa shape index (κ2) is 6.19. The molecule has 0 radical (unpaired) electrons. The average Bonchev–Trinajstić information content (AvgIpc) is 2.90. The molecule has 24 heavy (non-hydrogen) atoms. The van der Waals surface area contributed by atoms with Gasteiger partial charge < -0.3 is 14.8 Å². The molecule has 2 aromatic rings. The molecular formula is C18H23N3O3. The quantitative estimate of drug-likeness (QED) is 0.935. The lowest BCUT2D eigenvalue weighted by molar-refractivity contribution is -0.116. The smallest absolute Gasteiger partial charge is 0.226 e. The van der Waals surface area contributed by atoms with E-state index in [0.29, 0.717) is 6.42 Å². The summed E-state index contributed by atoms with van der Waals surface area (Å²) in [5, 5.41) is 7.61. The van der Waals surface area contributed by atoms with Crippen molar-refractivity contribution in [1.82, 2.24) is 9.78 Å². The van der Waals surface area contributed by atoms with Gasteiger partial charge in [-0.25, -0.2) is 4.68 Å². The van der Waals surface area contributed by atoms with Crippen LogP contribution in [0, 0.1) is 6.92 Å². The first-order valence-electron chi connectivity index (χ1n) is 8.07. The van der Waals surface area contributed by atoms with Crippen molar-refractivity contribution in [2.75, 3.05) is 19.5 Å². The van der Waals surface area contributed by atoms with Gasteiger partial charge in [-0.3, -0.25) is 4.79 Å². The van der Waals surface area contributed by atoms with Gasteiger partial charge in [-0.15, -0.1) is 0 Å². The number of aryl methyl sites for hydroxylation is 1. The fourth-order valence-electron chi connectivity index (χ4n) is 3.32. The monoisotopic (exact) mass is 329 g/mol. The molecule has 1 N–H and O–H groups in total. The molecule has 128 valence electrons. The predicted molar refractivity (Wildman–Crippen MR) is 92.0 cm³/mol. The van der Waals surface area contributed by atoms with Crippen molar-refractivity contribution in [2.45, 2.75) is 39.2 Å². The molecule has 1 aromatic carbocycles. The van der Waals surface area contributed by atoms with Crippen LogP contribution in [0.5, 0.6) is 11.5 Å². The summed E-state index contributed by atoms with van der Waals surface area (Å²) in [7, 11) is 3.25. The Hall–Kier alpha value is -2.50. The van der Waals surface area contributed by atoms with Crippen LogP contribution in [-0.2, 0) is 4.79 Å². The maximum atomic E-state index is 12.3. The summed E-state index contributed by atoms with van der Waals surface area (Å²) >= 11 is 0. The Bertz CT molecular complexity index is 780. The number of anilines is 1. The number of carbonyl (C=O) groups is 1. The molecule has 3 rings (SSSR count). The van der Waals surface area contributed by atoms with E-state index in [1.807, 2.05) is 29.8 Å². The molecule has 6 heteroatoms. The van der Waals surface area contributed by atoms with Gasteiger partial charge in [0.25, 0.3) is 0 Å². The maximum Gasteiger partial charge on any atom is 0.226 e. The number of fused-ring (bicyclic) bond motifs is 1. The Morgan fingerprint density at radius 1 is 1.29 bits per heavy atom. The highest BCUT2D eigenvalue weighted by Crippen LogP contribution is 2.43. The number of rotatable bonds is 4. The third-order valence-corrected chi connectivity index (χ3v) is 4.43. The zero-order chi connectivity index (χ0) is 17.4. The van der Waals surface area contributed by atoms with Crippen LogP contribution in [0.2, 0.25) is 0 Å². The fraction of sp³-hybridized carbons (Fsp3) is 0.444. The molecule has 2 heterocycles. The second-order valence-electron chi connectivity index (χ2n) is 6.30. The number of hydrogen-bond acceptors (Lipinski definition) is 4. The van der Waals surface area contributed by atoms with Crippen LogP contribution in [0.1, 0.15) is 49.0 Å². The van der Waals surface area contributed by atoms with Crippen molar-refractivity contribution < 1.29 is 14.3 Å². The minimum absolute atomic E-state index is 0.00725. The third kappa shape index (κ3) is 2.62. The number of aromatic nitrogens is 2. The van der Waals surface area contributed by atoms with E-state index in [4.69, 9.17) is 9.47 Å². The van der Waals surface area contributed by atoms with Crippen molar-refractivity contribution in [3.05, 3.63) is 35.0 Å². The first kappa shape index (κ1) is 16.4. The van der Waals surface area contributed by atoms with Crippen LogP contribution in [-0.4, -0.2) is 29.9 Å². The maximum absolute atomic E-state index is 12.3. The number of hydrogen-bond donors (Lipinski definition) is 1. The van der Waals surface area contributed by atoms with Crippen molar-refractivity contribution in [3.63, 3.8) is 0 Å². The zero-order valence-corrected chi connectivity index (χ0v) is 14.7. The minimum atomic E-state index is -0.0814. The predicted octanol–water partition coefficient (Wildman–Crippen LogP) is 3.26. The van der Waals surface area contributed by atoms with Crippen LogP contribution in [0.25, 0.3) is 0 Å².